The van der Waals surface area contributed by atoms with Gasteiger partial charge in [0, 0.05) is 12.3 Å². The lowest BCUT2D eigenvalue weighted by atomic mass is 10.1. The molecule has 0 radical (unpaired) electrons. The molecule has 0 N–H and O–H groups in total. The van der Waals surface area contributed by atoms with Crippen LogP contribution in [-0.4, -0.2) is 49.2 Å². The molecule has 0 fully saturated rings. The number of furan rings is 1. The molecule has 0 aliphatic carbocycles. The molecule has 8 nitrogen and oxygen atoms in total. The number of carbonyl (C=O) groups is 2. The third-order valence-corrected chi connectivity index (χ3v) is 5.31. The molecule has 1 aliphatic rings. The van der Waals surface area contributed by atoms with Crippen LogP contribution in [0.1, 0.15) is 39.3 Å². The van der Waals surface area contributed by atoms with E-state index in [1.165, 1.54) is 4.90 Å². The van der Waals surface area contributed by atoms with Gasteiger partial charge in [-0.25, -0.2) is 4.68 Å². The standard InChI is InChI=1S/C18H17N5O3S/c24-16-14-7-1-2-8-15(14)17(25)22(16)9-3-4-11-27-18-19-20-21-23(18)12-13-6-5-10-26-13/h1-2,5-8,10H,3-4,9,11-12H2. The molecule has 0 atom stereocenters. The number of rotatable bonds is 8. The van der Waals surface area contributed by atoms with Crippen LogP contribution in [0.15, 0.2) is 52.2 Å². The van der Waals surface area contributed by atoms with Gasteiger partial charge in [-0.3, -0.25) is 14.5 Å². The first-order valence-electron chi connectivity index (χ1n) is 8.60. The lowest BCUT2D eigenvalue weighted by Gasteiger charge is -2.13. The molecule has 0 saturated heterocycles. The highest BCUT2D eigenvalue weighted by atomic mass is 32.2. The zero-order valence-electron chi connectivity index (χ0n) is 14.4. The molecule has 1 aromatic carbocycles. The highest BCUT2D eigenvalue weighted by molar-refractivity contribution is 7.99. The van der Waals surface area contributed by atoms with E-state index in [4.69, 9.17) is 4.42 Å². The molecule has 3 aromatic rings. The van der Waals surface area contributed by atoms with Crippen LogP contribution in [0.3, 0.4) is 0 Å². The van der Waals surface area contributed by atoms with Crippen LogP contribution >= 0.6 is 11.8 Å². The van der Waals surface area contributed by atoms with Crippen molar-refractivity contribution >= 4 is 23.6 Å². The van der Waals surface area contributed by atoms with Gasteiger partial charge in [0.1, 0.15) is 12.3 Å². The Balaban J connectivity index is 1.25. The molecule has 4 rings (SSSR count). The third kappa shape index (κ3) is 3.63. The highest BCUT2D eigenvalue weighted by Gasteiger charge is 2.34. The van der Waals surface area contributed by atoms with E-state index in [9.17, 15) is 9.59 Å². The number of carbonyl (C=O) groups excluding carboxylic acids is 2. The minimum Gasteiger partial charge on any atom is -0.467 e. The second-order valence-corrected chi connectivity index (χ2v) is 7.12. The number of hydrogen-bond donors (Lipinski definition) is 0. The Morgan fingerprint density at radius 3 is 2.48 bits per heavy atom. The fraction of sp³-hybridized carbons (Fsp3) is 0.278. The summed E-state index contributed by atoms with van der Waals surface area (Å²) in [5, 5.41) is 12.4. The molecule has 138 valence electrons. The summed E-state index contributed by atoms with van der Waals surface area (Å²) in [6, 6.07) is 10.6. The van der Waals surface area contributed by atoms with Gasteiger partial charge in [0.25, 0.3) is 11.8 Å². The van der Waals surface area contributed by atoms with E-state index in [2.05, 4.69) is 15.5 Å². The van der Waals surface area contributed by atoms with Crippen molar-refractivity contribution in [3.63, 3.8) is 0 Å². The second-order valence-electron chi connectivity index (χ2n) is 6.06. The van der Waals surface area contributed by atoms with Gasteiger partial charge in [0.05, 0.1) is 17.4 Å². The molecule has 0 unspecified atom stereocenters. The lowest BCUT2D eigenvalue weighted by Crippen LogP contribution is -2.30. The zero-order valence-corrected chi connectivity index (χ0v) is 15.3. The van der Waals surface area contributed by atoms with Crippen LogP contribution in [0, 0.1) is 0 Å². The Morgan fingerprint density at radius 2 is 1.78 bits per heavy atom. The van der Waals surface area contributed by atoms with Gasteiger partial charge in [-0.05, 0) is 47.5 Å². The number of imide groups is 1. The van der Waals surface area contributed by atoms with E-state index in [-0.39, 0.29) is 11.8 Å². The Kier molecular flexibility index (Phi) is 5.01. The summed E-state index contributed by atoms with van der Waals surface area (Å²) in [6.45, 7) is 0.904. The molecule has 9 heteroatoms. The van der Waals surface area contributed by atoms with Crippen molar-refractivity contribution in [1.29, 1.82) is 0 Å². The molecule has 2 aromatic heterocycles. The molecular weight excluding hydrogens is 366 g/mol. The summed E-state index contributed by atoms with van der Waals surface area (Å²) in [5.41, 5.74) is 0.989. The number of hydrogen-bond acceptors (Lipinski definition) is 7. The van der Waals surface area contributed by atoms with E-state index < -0.39 is 0 Å². The number of thioether (sulfide) groups is 1. The average molecular weight is 383 g/mol. The fourth-order valence-electron chi connectivity index (χ4n) is 2.93. The maximum atomic E-state index is 12.3. The molecule has 27 heavy (non-hydrogen) atoms. The van der Waals surface area contributed by atoms with Crippen LogP contribution in [0.4, 0.5) is 0 Å². The smallest absolute Gasteiger partial charge is 0.261 e. The summed E-state index contributed by atoms with van der Waals surface area (Å²) in [6.07, 6.45) is 3.19. The van der Waals surface area contributed by atoms with Crippen molar-refractivity contribution in [1.82, 2.24) is 25.1 Å². The van der Waals surface area contributed by atoms with Crippen LogP contribution in [-0.2, 0) is 6.54 Å². The summed E-state index contributed by atoms with van der Waals surface area (Å²) >= 11 is 1.54. The van der Waals surface area contributed by atoms with Crippen LogP contribution < -0.4 is 0 Å². The molecular formula is C18H17N5O3S. The number of nitrogens with zero attached hydrogens (tertiary/aromatic N) is 5. The molecule has 3 heterocycles. The summed E-state index contributed by atoms with van der Waals surface area (Å²) in [4.78, 5) is 26.0. The zero-order chi connectivity index (χ0) is 18.6. The average Bonchev–Trinajstić information content (AvgIpc) is 3.40. The van der Waals surface area contributed by atoms with E-state index in [0.717, 1.165) is 24.4 Å². The Labute approximate surface area is 159 Å². The molecule has 2 amide bonds. The Hall–Kier alpha value is -2.94. The number of unbranched alkanes of at least 4 members (excludes halogenated alkanes) is 1. The summed E-state index contributed by atoms with van der Waals surface area (Å²) in [7, 11) is 0. The van der Waals surface area contributed by atoms with Gasteiger partial charge in [0.15, 0.2) is 0 Å². The number of fused-ring (bicyclic) bond motifs is 1. The van der Waals surface area contributed by atoms with Crippen molar-refractivity contribution < 1.29 is 14.0 Å². The number of tetrazole rings is 1. The molecule has 0 spiro atoms. The quantitative estimate of drug-likeness (QED) is 0.335. The minimum atomic E-state index is -0.203. The minimum absolute atomic E-state index is 0.203. The number of amides is 2. The van der Waals surface area contributed by atoms with E-state index in [1.54, 1.807) is 47.0 Å². The maximum Gasteiger partial charge on any atom is 0.261 e. The van der Waals surface area contributed by atoms with Crippen molar-refractivity contribution in [2.24, 2.45) is 0 Å². The van der Waals surface area contributed by atoms with Gasteiger partial charge in [-0.1, -0.05) is 23.9 Å². The van der Waals surface area contributed by atoms with Crippen LogP contribution in [0.2, 0.25) is 0 Å². The summed E-state index contributed by atoms with van der Waals surface area (Å²) < 4.78 is 7.00. The Bertz CT molecular complexity index is 919. The van der Waals surface area contributed by atoms with Crippen molar-refractivity contribution in [3.05, 3.63) is 59.5 Å². The van der Waals surface area contributed by atoms with Crippen molar-refractivity contribution in [2.45, 2.75) is 24.5 Å². The number of benzene rings is 1. The van der Waals surface area contributed by atoms with Gasteiger partial charge in [-0.2, -0.15) is 0 Å². The van der Waals surface area contributed by atoms with Crippen molar-refractivity contribution in [3.8, 4) is 0 Å². The van der Waals surface area contributed by atoms with Gasteiger partial charge < -0.3 is 4.42 Å². The molecule has 1 aliphatic heterocycles. The first-order chi connectivity index (χ1) is 13.2. The van der Waals surface area contributed by atoms with E-state index >= 15 is 0 Å². The monoisotopic (exact) mass is 383 g/mol. The van der Waals surface area contributed by atoms with Gasteiger partial charge in [-0.15, -0.1) is 5.10 Å². The number of aromatic nitrogens is 4. The first-order valence-corrected chi connectivity index (χ1v) is 9.59. The van der Waals surface area contributed by atoms with Crippen LogP contribution in [0.5, 0.6) is 0 Å². The van der Waals surface area contributed by atoms with Gasteiger partial charge >= 0.3 is 0 Å². The largest absolute Gasteiger partial charge is 0.467 e. The third-order valence-electron chi connectivity index (χ3n) is 4.27. The Morgan fingerprint density at radius 1 is 1.00 bits per heavy atom. The first kappa shape index (κ1) is 17.5. The predicted octanol–water partition coefficient (Wildman–Crippen LogP) is 2.48. The second kappa shape index (κ2) is 7.75. The predicted molar refractivity (Wildman–Crippen MR) is 97.4 cm³/mol. The normalized spacial score (nSPS) is 13.4. The highest BCUT2D eigenvalue weighted by Crippen LogP contribution is 2.23. The topological polar surface area (TPSA) is 94.1 Å². The molecule has 0 saturated carbocycles. The lowest BCUT2D eigenvalue weighted by molar-refractivity contribution is 0.0652. The van der Waals surface area contributed by atoms with Crippen molar-refractivity contribution in [2.75, 3.05) is 12.3 Å². The fourth-order valence-corrected chi connectivity index (χ4v) is 3.80. The van der Waals surface area contributed by atoms with E-state index in [0.29, 0.717) is 29.4 Å². The summed E-state index contributed by atoms with van der Waals surface area (Å²) in [5.74, 6) is 1.17. The SMILES string of the molecule is O=C1c2ccccc2C(=O)N1CCCCSc1nnnn1Cc1ccco1. The maximum absolute atomic E-state index is 12.3. The van der Waals surface area contributed by atoms with Gasteiger partial charge in [0.2, 0.25) is 5.16 Å². The van der Waals surface area contributed by atoms with Crippen LogP contribution in [0.25, 0.3) is 0 Å². The van der Waals surface area contributed by atoms with E-state index in [1.807, 2.05) is 12.1 Å². The molecule has 0 bridgehead atoms.